The third-order valence-corrected chi connectivity index (χ3v) is 3.78. The van der Waals surface area contributed by atoms with Gasteiger partial charge in [0.05, 0.1) is 6.20 Å². The summed E-state index contributed by atoms with van der Waals surface area (Å²) in [7, 11) is 0. The summed E-state index contributed by atoms with van der Waals surface area (Å²) in [5, 5.41) is 7.10. The summed E-state index contributed by atoms with van der Waals surface area (Å²) in [6.45, 7) is 4.07. The molecule has 106 valence electrons. The highest BCUT2D eigenvalue weighted by atomic mass is 32.2. The van der Waals surface area contributed by atoms with Gasteiger partial charge >= 0.3 is 0 Å². The highest BCUT2D eigenvalue weighted by molar-refractivity contribution is 7.99. The van der Waals surface area contributed by atoms with Crippen molar-refractivity contribution in [3.8, 4) is 0 Å². The number of rotatable bonds is 6. The number of thioether (sulfide) groups is 1. The van der Waals surface area contributed by atoms with Crippen LogP contribution in [0, 0.1) is 0 Å². The van der Waals surface area contributed by atoms with Crippen LogP contribution in [0.3, 0.4) is 0 Å². The average Bonchev–Trinajstić information content (AvgIpc) is 2.88. The van der Waals surface area contributed by atoms with Gasteiger partial charge in [-0.25, -0.2) is 4.68 Å². The van der Waals surface area contributed by atoms with E-state index >= 15 is 0 Å². The zero-order chi connectivity index (χ0) is 14.4. The summed E-state index contributed by atoms with van der Waals surface area (Å²) in [6, 6.07) is 12.2. The van der Waals surface area contributed by atoms with E-state index in [4.69, 9.17) is 0 Å². The molecular weight excluding hydrogens is 270 g/mol. The van der Waals surface area contributed by atoms with Crippen molar-refractivity contribution in [2.24, 2.45) is 0 Å². The van der Waals surface area contributed by atoms with E-state index in [1.807, 2.05) is 42.8 Å². The second-order valence-electron chi connectivity index (χ2n) is 4.71. The van der Waals surface area contributed by atoms with Gasteiger partial charge in [0.1, 0.15) is 5.82 Å². The van der Waals surface area contributed by atoms with Crippen LogP contribution >= 0.6 is 11.8 Å². The minimum atomic E-state index is 0.0239. The highest BCUT2D eigenvalue weighted by Gasteiger charge is 2.09. The summed E-state index contributed by atoms with van der Waals surface area (Å²) in [5.41, 5.74) is 0. The van der Waals surface area contributed by atoms with Crippen LogP contribution in [-0.4, -0.2) is 21.4 Å². The van der Waals surface area contributed by atoms with Gasteiger partial charge < -0.3 is 5.32 Å². The SMILES string of the molecule is CC(C)n1nccc1NC(=O)CCSc1ccccc1. The van der Waals surface area contributed by atoms with Gasteiger partial charge in [0.2, 0.25) is 5.91 Å². The van der Waals surface area contributed by atoms with Crippen molar-refractivity contribution in [2.45, 2.75) is 31.2 Å². The number of carbonyl (C=O) groups excluding carboxylic acids is 1. The molecule has 0 saturated heterocycles. The molecule has 5 heteroatoms. The predicted molar refractivity (Wildman–Crippen MR) is 83.0 cm³/mol. The van der Waals surface area contributed by atoms with Gasteiger partial charge in [-0.2, -0.15) is 5.10 Å². The molecule has 0 atom stereocenters. The van der Waals surface area contributed by atoms with Crippen molar-refractivity contribution in [3.05, 3.63) is 42.6 Å². The van der Waals surface area contributed by atoms with Gasteiger partial charge in [0, 0.05) is 29.2 Å². The first-order valence-electron chi connectivity index (χ1n) is 6.68. The lowest BCUT2D eigenvalue weighted by Crippen LogP contribution is -2.16. The van der Waals surface area contributed by atoms with Crippen molar-refractivity contribution in [1.29, 1.82) is 0 Å². The fourth-order valence-electron chi connectivity index (χ4n) is 1.81. The molecule has 0 spiro atoms. The molecule has 0 radical (unpaired) electrons. The lowest BCUT2D eigenvalue weighted by molar-refractivity contribution is -0.115. The molecule has 1 amide bonds. The third-order valence-electron chi connectivity index (χ3n) is 2.77. The first-order chi connectivity index (χ1) is 9.66. The molecule has 0 aliphatic carbocycles. The summed E-state index contributed by atoms with van der Waals surface area (Å²) < 4.78 is 1.81. The topological polar surface area (TPSA) is 46.9 Å². The number of nitrogens with one attached hydrogen (secondary N) is 1. The lowest BCUT2D eigenvalue weighted by Gasteiger charge is -2.11. The van der Waals surface area contributed by atoms with Gasteiger partial charge in [-0.1, -0.05) is 18.2 Å². The summed E-state index contributed by atoms with van der Waals surface area (Å²) in [4.78, 5) is 13.1. The van der Waals surface area contributed by atoms with Crippen LogP contribution in [0.15, 0.2) is 47.5 Å². The molecule has 0 unspecified atom stereocenters. The number of benzene rings is 1. The smallest absolute Gasteiger partial charge is 0.226 e. The predicted octanol–water partition coefficient (Wildman–Crippen LogP) is 3.58. The summed E-state index contributed by atoms with van der Waals surface area (Å²) >= 11 is 1.69. The molecule has 0 aliphatic heterocycles. The van der Waals surface area contributed by atoms with Crippen molar-refractivity contribution in [1.82, 2.24) is 9.78 Å². The molecule has 1 aromatic heterocycles. The number of hydrogen-bond acceptors (Lipinski definition) is 3. The number of hydrogen-bond donors (Lipinski definition) is 1. The minimum Gasteiger partial charge on any atom is -0.311 e. The molecule has 1 aromatic carbocycles. The van der Waals surface area contributed by atoms with E-state index in [0.29, 0.717) is 6.42 Å². The van der Waals surface area contributed by atoms with Crippen LogP contribution in [-0.2, 0) is 4.79 Å². The molecule has 0 bridgehead atoms. The van der Waals surface area contributed by atoms with Crippen LogP contribution < -0.4 is 5.32 Å². The Hall–Kier alpha value is -1.75. The fraction of sp³-hybridized carbons (Fsp3) is 0.333. The van der Waals surface area contributed by atoms with Crippen molar-refractivity contribution in [3.63, 3.8) is 0 Å². The maximum atomic E-state index is 11.9. The molecule has 0 fully saturated rings. The second-order valence-corrected chi connectivity index (χ2v) is 5.88. The number of nitrogens with zero attached hydrogens (tertiary/aromatic N) is 2. The Bertz CT molecular complexity index is 551. The zero-order valence-corrected chi connectivity index (χ0v) is 12.6. The molecule has 4 nitrogen and oxygen atoms in total. The van der Waals surface area contributed by atoms with E-state index in [1.54, 1.807) is 18.0 Å². The van der Waals surface area contributed by atoms with Gasteiger partial charge in [-0.05, 0) is 26.0 Å². The first kappa shape index (κ1) is 14.7. The Labute approximate surface area is 123 Å². The number of amides is 1. The molecule has 2 rings (SSSR count). The third kappa shape index (κ3) is 4.13. The minimum absolute atomic E-state index is 0.0239. The van der Waals surface area contributed by atoms with Gasteiger partial charge in [-0.15, -0.1) is 11.8 Å². The normalized spacial score (nSPS) is 10.8. The van der Waals surface area contributed by atoms with E-state index in [1.165, 1.54) is 4.90 Å². The molecule has 0 saturated carbocycles. The molecule has 2 aromatic rings. The Morgan fingerprint density at radius 3 is 2.75 bits per heavy atom. The van der Waals surface area contributed by atoms with Gasteiger partial charge in [-0.3, -0.25) is 4.79 Å². The van der Waals surface area contributed by atoms with E-state index in [2.05, 4.69) is 22.5 Å². The Morgan fingerprint density at radius 1 is 1.30 bits per heavy atom. The van der Waals surface area contributed by atoms with Crippen LogP contribution in [0.25, 0.3) is 0 Å². The quantitative estimate of drug-likeness (QED) is 0.827. The maximum absolute atomic E-state index is 11.9. The Balaban J connectivity index is 1.79. The molecule has 20 heavy (non-hydrogen) atoms. The van der Waals surface area contributed by atoms with Crippen LogP contribution in [0.5, 0.6) is 0 Å². The Morgan fingerprint density at radius 2 is 2.05 bits per heavy atom. The van der Waals surface area contributed by atoms with Crippen molar-refractivity contribution < 1.29 is 4.79 Å². The average molecular weight is 289 g/mol. The van der Waals surface area contributed by atoms with Gasteiger partial charge in [0.25, 0.3) is 0 Å². The Kier molecular flexibility index (Phi) is 5.24. The molecule has 1 N–H and O–H groups in total. The van der Waals surface area contributed by atoms with Crippen molar-refractivity contribution in [2.75, 3.05) is 11.1 Å². The van der Waals surface area contributed by atoms with E-state index in [0.717, 1.165) is 11.6 Å². The van der Waals surface area contributed by atoms with Gasteiger partial charge in [0.15, 0.2) is 0 Å². The second kappa shape index (κ2) is 7.14. The van der Waals surface area contributed by atoms with E-state index < -0.39 is 0 Å². The van der Waals surface area contributed by atoms with E-state index in [-0.39, 0.29) is 11.9 Å². The lowest BCUT2D eigenvalue weighted by atomic mass is 10.4. The monoisotopic (exact) mass is 289 g/mol. The van der Waals surface area contributed by atoms with Crippen molar-refractivity contribution >= 4 is 23.5 Å². The largest absolute Gasteiger partial charge is 0.311 e. The maximum Gasteiger partial charge on any atom is 0.226 e. The number of carbonyl (C=O) groups is 1. The first-order valence-corrected chi connectivity index (χ1v) is 7.66. The standard InChI is InChI=1S/C15H19N3OS/c1-12(2)18-14(8-10-16-18)17-15(19)9-11-20-13-6-4-3-5-7-13/h3-8,10,12H,9,11H2,1-2H3,(H,17,19). The number of aromatic nitrogens is 2. The summed E-state index contributed by atoms with van der Waals surface area (Å²) in [6.07, 6.45) is 2.19. The highest BCUT2D eigenvalue weighted by Crippen LogP contribution is 2.18. The van der Waals surface area contributed by atoms with E-state index in [9.17, 15) is 4.79 Å². The summed E-state index contributed by atoms with van der Waals surface area (Å²) in [5.74, 6) is 1.55. The number of anilines is 1. The fourth-order valence-corrected chi connectivity index (χ4v) is 2.68. The molecule has 0 aliphatic rings. The zero-order valence-electron chi connectivity index (χ0n) is 11.7. The molecular formula is C15H19N3OS. The van der Waals surface area contributed by atoms with Crippen LogP contribution in [0.2, 0.25) is 0 Å². The van der Waals surface area contributed by atoms with Crippen LogP contribution in [0.1, 0.15) is 26.3 Å². The molecule has 1 heterocycles. The van der Waals surface area contributed by atoms with Crippen LogP contribution in [0.4, 0.5) is 5.82 Å².